The zero-order chi connectivity index (χ0) is 10.0. The highest BCUT2D eigenvalue weighted by atomic mass is 16.7. The first kappa shape index (κ1) is 10.1. The molecule has 1 aliphatic heterocycles. The fourth-order valence-electron chi connectivity index (χ4n) is 2.14. The molecule has 0 spiro atoms. The van der Waals surface area contributed by atoms with Gasteiger partial charge in [0.05, 0.1) is 19.3 Å². The van der Waals surface area contributed by atoms with E-state index in [2.05, 4.69) is 0 Å². The molecule has 0 bridgehead atoms. The van der Waals surface area contributed by atoms with E-state index in [1.165, 1.54) is 6.42 Å². The van der Waals surface area contributed by atoms with Gasteiger partial charge in [0, 0.05) is 0 Å². The topological polar surface area (TPSA) is 38.7 Å². The van der Waals surface area contributed by atoms with E-state index in [1.807, 2.05) is 13.0 Å². The predicted molar refractivity (Wildman–Crippen MR) is 52.9 cm³/mol. The Morgan fingerprint density at radius 3 is 2.71 bits per heavy atom. The molecule has 2 fully saturated rings. The zero-order valence-electron chi connectivity index (χ0n) is 8.66. The van der Waals surface area contributed by atoms with Gasteiger partial charge in [-0.25, -0.2) is 0 Å². The van der Waals surface area contributed by atoms with E-state index in [9.17, 15) is 5.11 Å². The van der Waals surface area contributed by atoms with Gasteiger partial charge in [0.15, 0.2) is 5.79 Å². The molecule has 1 saturated carbocycles. The molecule has 0 aromatic rings. The summed E-state index contributed by atoms with van der Waals surface area (Å²) in [6.07, 6.45) is 5.82. The molecule has 0 aromatic heterocycles. The number of aliphatic hydroxyl groups is 1. The first-order valence-corrected chi connectivity index (χ1v) is 5.37. The van der Waals surface area contributed by atoms with Crippen LogP contribution in [0, 0.1) is 0 Å². The maximum Gasteiger partial charge on any atom is 0.185 e. The number of hydrogen-bond acceptors (Lipinski definition) is 3. The van der Waals surface area contributed by atoms with Gasteiger partial charge in [0.25, 0.3) is 0 Å². The molecule has 0 amide bonds. The smallest absolute Gasteiger partial charge is 0.185 e. The van der Waals surface area contributed by atoms with Crippen LogP contribution < -0.4 is 0 Å². The Kier molecular flexibility index (Phi) is 2.91. The van der Waals surface area contributed by atoms with Gasteiger partial charge in [-0.15, -0.1) is 0 Å². The van der Waals surface area contributed by atoms with Crippen molar-refractivity contribution in [2.45, 2.75) is 44.5 Å². The Bertz CT molecular complexity index is 229. The second-order valence-electron chi connectivity index (χ2n) is 4.19. The molecule has 0 aromatic carbocycles. The second-order valence-corrected chi connectivity index (χ2v) is 4.19. The van der Waals surface area contributed by atoms with Crippen molar-refractivity contribution in [2.75, 3.05) is 13.2 Å². The molecule has 1 aliphatic carbocycles. The lowest BCUT2D eigenvalue weighted by molar-refractivity contribution is -0.101. The summed E-state index contributed by atoms with van der Waals surface area (Å²) in [4.78, 5) is 0. The lowest BCUT2D eigenvalue weighted by Crippen LogP contribution is -2.26. The van der Waals surface area contributed by atoms with Crippen LogP contribution in [0.5, 0.6) is 0 Å². The molecule has 3 nitrogen and oxygen atoms in total. The van der Waals surface area contributed by atoms with Gasteiger partial charge in [-0.2, -0.15) is 0 Å². The lowest BCUT2D eigenvalue weighted by Gasteiger charge is -2.25. The molecule has 1 atom stereocenters. The van der Waals surface area contributed by atoms with E-state index in [-0.39, 0.29) is 6.10 Å². The third-order valence-corrected chi connectivity index (χ3v) is 2.93. The normalized spacial score (nSPS) is 35.0. The highest BCUT2D eigenvalue weighted by Gasteiger charge is 2.30. The van der Waals surface area contributed by atoms with E-state index in [0.717, 1.165) is 24.8 Å². The summed E-state index contributed by atoms with van der Waals surface area (Å²) in [5, 5.41) is 9.76. The van der Waals surface area contributed by atoms with E-state index < -0.39 is 5.79 Å². The zero-order valence-corrected chi connectivity index (χ0v) is 8.66. The summed E-state index contributed by atoms with van der Waals surface area (Å²) >= 11 is 0. The van der Waals surface area contributed by atoms with Crippen molar-refractivity contribution in [2.24, 2.45) is 0 Å². The first-order valence-electron chi connectivity index (χ1n) is 5.37. The minimum absolute atomic E-state index is 0.284. The summed E-state index contributed by atoms with van der Waals surface area (Å²) in [7, 11) is 0. The van der Waals surface area contributed by atoms with Gasteiger partial charge >= 0.3 is 0 Å². The van der Waals surface area contributed by atoms with Gasteiger partial charge in [-0.1, -0.05) is 6.42 Å². The molecule has 80 valence electrons. The largest absolute Gasteiger partial charge is 0.389 e. The van der Waals surface area contributed by atoms with Gasteiger partial charge < -0.3 is 14.6 Å². The Morgan fingerprint density at radius 1 is 1.36 bits per heavy atom. The summed E-state index contributed by atoms with van der Waals surface area (Å²) < 4.78 is 11.0. The number of aliphatic hydroxyl groups excluding tert-OH is 1. The molecule has 14 heavy (non-hydrogen) atoms. The van der Waals surface area contributed by atoms with E-state index in [4.69, 9.17) is 9.47 Å². The van der Waals surface area contributed by atoms with Gasteiger partial charge in [0.1, 0.15) is 0 Å². The van der Waals surface area contributed by atoms with Crippen LogP contribution >= 0.6 is 0 Å². The maximum absolute atomic E-state index is 9.76. The number of rotatable bonds is 1. The van der Waals surface area contributed by atoms with Gasteiger partial charge in [-0.05, 0) is 37.8 Å². The number of hydrogen-bond donors (Lipinski definition) is 1. The maximum atomic E-state index is 9.76. The van der Waals surface area contributed by atoms with Crippen molar-refractivity contribution in [3.05, 3.63) is 11.6 Å². The molecule has 2 rings (SSSR count). The molecule has 0 radical (unpaired) electrons. The molecule has 2 aliphatic rings. The van der Waals surface area contributed by atoms with Crippen molar-refractivity contribution >= 4 is 0 Å². The summed E-state index contributed by atoms with van der Waals surface area (Å²) in [6.45, 7) is 3.21. The monoisotopic (exact) mass is 198 g/mol. The van der Waals surface area contributed by atoms with Crippen LogP contribution in [0.25, 0.3) is 0 Å². The minimum atomic E-state index is -0.590. The lowest BCUT2D eigenvalue weighted by atomic mass is 9.91. The van der Waals surface area contributed by atoms with E-state index >= 15 is 0 Å². The molecule has 1 heterocycles. The third-order valence-electron chi connectivity index (χ3n) is 2.93. The second kappa shape index (κ2) is 4.01. The summed E-state index contributed by atoms with van der Waals surface area (Å²) in [6, 6.07) is 0. The van der Waals surface area contributed by atoms with Gasteiger partial charge in [0.2, 0.25) is 0 Å². The van der Waals surface area contributed by atoms with Crippen LogP contribution in [0.2, 0.25) is 0 Å². The average Bonchev–Trinajstić information content (AvgIpc) is 2.57. The highest BCUT2D eigenvalue weighted by molar-refractivity contribution is 5.14. The standard InChI is InChI=1S/C11H18O3/c1-11(13-6-7-14-11)8-9-4-2-3-5-10(9)12/h8,10,12H,2-7H2,1H3/b9-8-. The fourth-order valence-corrected chi connectivity index (χ4v) is 2.14. The molecular formula is C11H18O3. The Labute approximate surface area is 84.7 Å². The van der Waals surface area contributed by atoms with Crippen LogP contribution in [0.15, 0.2) is 11.6 Å². The first-order chi connectivity index (χ1) is 6.70. The van der Waals surface area contributed by atoms with E-state index in [0.29, 0.717) is 13.2 Å². The SMILES string of the molecule is CC1(/C=C2/CCCCC2O)OCCO1. The number of ether oxygens (including phenoxy) is 2. The molecule has 1 saturated heterocycles. The van der Waals surface area contributed by atoms with Crippen molar-refractivity contribution in [3.63, 3.8) is 0 Å². The van der Waals surface area contributed by atoms with Crippen molar-refractivity contribution < 1.29 is 14.6 Å². The summed E-state index contributed by atoms with van der Waals surface area (Å²) in [5.74, 6) is -0.590. The predicted octanol–water partition coefficient (Wildman–Crippen LogP) is 1.61. The molecule has 1 N–H and O–H groups in total. The quantitative estimate of drug-likeness (QED) is 0.650. The molecular weight excluding hydrogens is 180 g/mol. The van der Waals surface area contributed by atoms with Crippen molar-refractivity contribution in [1.82, 2.24) is 0 Å². The highest BCUT2D eigenvalue weighted by Crippen LogP contribution is 2.29. The third kappa shape index (κ3) is 2.16. The Morgan fingerprint density at radius 2 is 2.07 bits per heavy atom. The van der Waals surface area contributed by atoms with Crippen molar-refractivity contribution in [1.29, 1.82) is 0 Å². The fraction of sp³-hybridized carbons (Fsp3) is 0.818. The van der Waals surface area contributed by atoms with Crippen LogP contribution in [0.4, 0.5) is 0 Å². The Hall–Kier alpha value is -0.380. The molecule has 3 heteroatoms. The van der Waals surface area contributed by atoms with Gasteiger partial charge in [-0.3, -0.25) is 0 Å². The average molecular weight is 198 g/mol. The van der Waals surface area contributed by atoms with Crippen LogP contribution in [-0.2, 0) is 9.47 Å². The Balaban J connectivity index is 2.07. The van der Waals surface area contributed by atoms with Crippen LogP contribution in [0.1, 0.15) is 32.6 Å². The van der Waals surface area contributed by atoms with Crippen molar-refractivity contribution in [3.8, 4) is 0 Å². The summed E-state index contributed by atoms with van der Waals surface area (Å²) in [5.41, 5.74) is 1.08. The molecule has 1 unspecified atom stereocenters. The van der Waals surface area contributed by atoms with Crippen LogP contribution in [-0.4, -0.2) is 30.2 Å². The van der Waals surface area contributed by atoms with Crippen LogP contribution in [0.3, 0.4) is 0 Å². The minimum Gasteiger partial charge on any atom is -0.389 e. The van der Waals surface area contributed by atoms with E-state index in [1.54, 1.807) is 0 Å².